The van der Waals surface area contributed by atoms with Crippen molar-refractivity contribution in [2.45, 2.75) is 117 Å². The number of unbranched alkanes of at least 4 members (excludes halogenated alkanes) is 2. The standard InChI is InChI=1S/C32H54O5/c1-5-6-7-10-26-11-8-12-27(16-15-26)17-18-28-13-9-14-29(20-19-28)30(22-36-31(34)24(2)3)23-37-32(35)25(4)21-33/h26-30,33H,2,4-23H2,1,3H3. The fraction of sp³-hybridized carbons (Fsp3) is 0.812. The monoisotopic (exact) mass is 518 g/mol. The van der Waals surface area contributed by atoms with E-state index in [1.165, 1.54) is 89.9 Å². The lowest BCUT2D eigenvalue weighted by atomic mass is 9.85. The van der Waals surface area contributed by atoms with Crippen LogP contribution in [0.2, 0.25) is 0 Å². The van der Waals surface area contributed by atoms with Crippen LogP contribution in [0.15, 0.2) is 24.3 Å². The van der Waals surface area contributed by atoms with Crippen LogP contribution >= 0.6 is 0 Å². The van der Waals surface area contributed by atoms with Crippen molar-refractivity contribution >= 4 is 11.9 Å². The highest BCUT2D eigenvalue weighted by atomic mass is 16.5. The first-order valence-corrected chi connectivity index (χ1v) is 15.1. The Bertz CT molecular complexity index is 714. The second-order valence-electron chi connectivity index (χ2n) is 11.9. The second-order valence-corrected chi connectivity index (χ2v) is 11.9. The maximum Gasteiger partial charge on any atom is 0.335 e. The average molecular weight is 519 g/mol. The number of carbonyl (C=O) groups excluding carboxylic acids is 2. The molecular formula is C32H54O5. The number of aliphatic hydroxyl groups excluding tert-OH is 1. The predicted octanol–water partition coefficient (Wildman–Crippen LogP) is 7.57. The molecule has 2 saturated carbocycles. The van der Waals surface area contributed by atoms with Gasteiger partial charge in [-0.1, -0.05) is 110 Å². The van der Waals surface area contributed by atoms with Crippen LogP contribution in [0.3, 0.4) is 0 Å². The number of ether oxygens (including phenoxy) is 2. The molecule has 5 nitrogen and oxygen atoms in total. The smallest absolute Gasteiger partial charge is 0.335 e. The van der Waals surface area contributed by atoms with Gasteiger partial charge in [0.25, 0.3) is 0 Å². The zero-order valence-corrected chi connectivity index (χ0v) is 23.8. The molecule has 5 atom stereocenters. The summed E-state index contributed by atoms with van der Waals surface area (Å²) in [5, 5.41) is 9.16. The lowest BCUT2D eigenvalue weighted by molar-refractivity contribution is -0.145. The molecule has 0 radical (unpaired) electrons. The fourth-order valence-electron chi connectivity index (χ4n) is 6.33. The molecule has 0 aromatic heterocycles. The Morgan fingerprint density at radius 2 is 1.32 bits per heavy atom. The van der Waals surface area contributed by atoms with Gasteiger partial charge in [0.15, 0.2) is 0 Å². The van der Waals surface area contributed by atoms with Gasteiger partial charge in [0.05, 0.1) is 25.4 Å². The molecule has 0 aliphatic heterocycles. The molecule has 0 saturated heterocycles. The van der Waals surface area contributed by atoms with Gasteiger partial charge in [-0.25, -0.2) is 9.59 Å². The Balaban J connectivity index is 1.82. The quantitative estimate of drug-likeness (QED) is 0.105. The number of carbonyl (C=O) groups is 2. The zero-order chi connectivity index (χ0) is 27.0. The van der Waals surface area contributed by atoms with Crippen LogP contribution in [0, 0.1) is 29.6 Å². The minimum atomic E-state index is -0.582. The summed E-state index contributed by atoms with van der Waals surface area (Å²) in [4.78, 5) is 24.1. The summed E-state index contributed by atoms with van der Waals surface area (Å²) in [7, 11) is 0. The van der Waals surface area contributed by atoms with Crippen molar-refractivity contribution in [3.05, 3.63) is 24.3 Å². The second kappa shape index (κ2) is 17.8. The SMILES string of the molecule is C=C(C)C(=O)OCC(COC(=O)C(=C)CO)C1CCCC(CCC2CCCC(CCCCC)CC2)CC1. The molecule has 2 fully saturated rings. The van der Waals surface area contributed by atoms with E-state index in [2.05, 4.69) is 20.1 Å². The molecule has 5 heteroatoms. The van der Waals surface area contributed by atoms with Gasteiger partial charge in [-0.15, -0.1) is 0 Å². The molecule has 0 spiro atoms. The Kier molecular flexibility index (Phi) is 15.2. The Labute approximate surface area is 226 Å². The first kappa shape index (κ1) is 31.6. The van der Waals surface area contributed by atoms with Gasteiger partial charge >= 0.3 is 11.9 Å². The zero-order valence-electron chi connectivity index (χ0n) is 23.8. The van der Waals surface area contributed by atoms with E-state index < -0.39 is 18.5 Å². The number of rotatable bonds is 15. The van der Waals surface area contributed by atoms with Gasteiger partial charge in [0.1, 0.15) is 0 Å². The average Bonchev–Trinajstić information content (AvgIpc) is 3.27. The molecule has 2 rings (SSSR count). The first-order valence-electron chi connectivity index (χ1n) is 15.1. The molecule has 5 unspecified atom stereocenters. The Morgan fingerprint density at radius 3 is 1.89 bits per heavy atom. The van der Waals surface area contributed by atoms with E-state index >= 15 is 0 Å². The molecule has 0 aromatic carbocycles. The molecule has 1 N–H and O–H groups in total. The third kappa shape index (κ3) is 12.2. The van der Waals surface area contributed by atoms with Gasteiger partial charge in [-0.05, 0) is 43.4 Å². The third-order valence-electron chi connectivity index (χ3n) is 8.89. The molecule has 0 heterocycles. The maximum atomic E-state index is 12.1. The number of esters is 2. The summed E-state index contributed by atoms with van der Waals surface area (Å²) in [5.41, 5.74) is 0.417. The summed E-state index contributed by atoms with van der Waals surface area (Å²) in [6, 6.07) is 0. The molecule has 212 valence electrons. The highest BCUT2D eigenvalue weighted by Gasteiger charge is 2.29. The van der Waals surface area contributed by atoms with Gasteiger partial charge in [-0.2, -0.15) is 0 Å². The molecule has 2 aliphatic carbocycles. The summed E-state index contributed by atoms with van der Waals surface area (Å²) < 4.78 is 10.9. The molecule has 37 heavy (non-hydrogen) atoms. The van der Waals surface area contributed by atoms with Crippen LogP contribution in [-0.2, 0) is 19.1 Å². The van der Waals surface area contributed by atoms with Crippen molar-refractivity contribution in [1.29, 1.82) is 0 Å². The molecule has 0 bridgehead atoms. The van der Waals surface area contributed by atoms with Gasteiger partial charge in [0, 0.05) is 11.5 Å². The maximum absolute atomic E-state index is 12.1. The highest BCUT2D eigenvalue weighted by molar-refractivity contribution is 5.88. The van der Waals surface area contributed by atoms with Crippen LogP contribution in [0.5, 0.6) is 0 Å². The van der Waals surface area contributed by atoms with E-state index in [0.717, 1.165) is 30.6 Å². The molecule has 0 amide bonds. The highest BCUT2D eigenvalue weighted by Crippen LogP contribution is 2.37. The lowest BCUT2D eigenvalue weighted by Crippen LogP contribution is -2.28. The first-order chi connectivity index (χ1) is 17.8. The van der Waals surface area contributed by atoms with E-state index in [4.69, 9.17) is 14.6 Å². The van der Waals surface area contributed by atoms with Crippen molar-refractivity contribution in [1.82, 2.24) is 0 Å². The summed E-state index contributed by atoms with van der Waals surface area (Å²) in [6.07, 6.45) is 21.2. The number of hydrogen-bond donors (Lipinski definition) is 1. The summed E-state index contributed by atoms with van der Waals surface area (Å²) >= 11 is 0. The van der Waals surface area contributed by atoms with Crippen LogP contribution in [0.25, 0.3) is 0 Å². The Hall–Kier alpha value is -1.62. The van der Waals surface area contributed by atoms with Crippen LogP contribution in [-0.4, -0.2) is 36.9 Å². The van der Waals surface area contributed by atoms with Gasteiger partial charge in [-0.3, -0.25) is 0 Å². The van der Waals surface area contributed by atoms with E-state index in [1.807, 2.05) is 0 Å². The van der Waals surface area contributed by atoms with E-state index in [-0.39, 0.29) is 24.7 Å². The predicted molar refractivity (Wildman–Crippen MR) is 150 cm³/mol. The van der Waals surface area contributed by atoms with E-state index in [0.29, 0.717) is 11.5 Å². The minimum absolute atomic E-state index is 0.0457. The van der Waals surface area contributed by atoms with Crippen molar-refractivity contribution in [3.63, 3.8) is 0 Å². The normalized spacial score (nSPS) is 25.4. The van der Waals surface area contributed by atoms with Gasteiger partial charge < -0.3 is 14.6 Å². The fourth-order valence-corrected chi connectivity index (χ4v) is 6.33. The Morgan fingerprint density at radius 1 is 0.784 bits per heavy atom. The molecule has 0 aromatic rings. The van der Waals surface area contributed by atoms with E-state index in [1.54, 1.807) is 6.92 Å². The lowest BCUT2D eigenvalue weighted by Gasteiger charge is -2.26. The van der Waals surface area contributed by atoms with Crippen LogP contribution in [0.1, 0.15) is 117 Å². The molecule has 2 aliphatic rings. The summed E-state index contributed by atoms with van der Waals surface area (Å²) in [6.45, 7) is 11.1. The third-order valence-corrected chi connectivity index (χ3v) is 8.89. The number of aliphatic hydroxyl groups is 1. The summed E-state index contributed by atoms with van der Waals surface area (Å²) in [5.74, 6) is 1.95. The van der Waals surface area contributed by atoms with Crippen LogP contribution in [0.4, 0.5) is 0 Å². The topological polar surface area (TPSA) is 72.8 Å². The molecular weight excluding hydrogens is 464 g/mol. The van der Waals surface area contributed by atoms with Crippen molar-refractivity contribution in [3.8, 4) is 0 Å². The van der Waals surface area contributed by atoms with E-state index in [9.17, 15) is 9.59 Å². The van der Waals surface area contributed by atoms with Crippen LogP contribution < -0.4 is 0 Å². The number of hydrogen-bond acceptors (Lipinski definition) is 5. The van der Waals surface area contributed by atoms with Crippen molar-refractivity contribution in [2.75, 3.05) is 19.8 Å². The largest absolute Gasteiger partial charge is 0.462 e. The van der Waals surface area contributed by atoms with Gasteiger partial charge in [0.2, 0.25) is 0 Å². The minimum Gasteiger partial charge on any atom is -0.462 e. The van der Waals surface area contributed by atoms with Crippen molar-refractivity contribution < 1.29 is 24.2 Å². The van der Waals surface area contributed by atoms with Crippen molar-refractivity contribution in [2.24, 2.45) is 29.6 Å².